The fourth-order valence-corrected chi connectivity index (χ4v) is 2.04. The molecule has 0 saturated carbocycles. The summed E-state index contributed by atoms with van der Waals surface area (Å²) in [6, 6.07) is 8.82. The number of H-pyrrole nitrogens is 1. The number of aromatic nitrogens is 4. The first-order valence-electron chi connectivity index (χ1n) is 6.40. The Hall–Kier alpha value is -2.89. The van der Waals surface area contributed by atoms with Gasteiger partial charge in [0, 0.05) is 30.4 Å². The Morgan fingerprint density at radius 2 is 1.95 bits per heavy atom. The lowest BCUT2D eigenvalue weighted by atomic mass is 10.2. The molecule has 2 heterocycles. The largest absolute Gasteiger partial charge is 0.497 e. The average molecular weight is 282 g/mol. The summed E-state index contributed by atoms with van der Waals surface area (Å²) in [4.78, 5) is 19.1. The number of methoxy groups -OCH3 is 1. The summed E-state index contributed by atoms with van der Waals surface area (Å²) in [7, 11) is 3.43. The summed E-state index contributed by atoms with van der Waals surface area (Å²) >= 11 is 0. The molecule has 3 aromatic rings. The molecular formula is C15H14N4O2. The number of nitrogens with zero attached hydrogens (tertiary/aromatic N) is 3. The van der Waals surface area contributed by atoms with Crippen molar-refractivity contribution in [3.8, 4) is 28.4 Å². The number of hydrogen-bond acceptors (Lipinski definition) is 4. The molecule has 0 bridgehead atoms. The van der Waals surface area contributed by atoms with Crippen molar-refractivity contribution in [3.63, 3.8) is 0 Å². The highest BCUT2D eigenvalue weighted by Gasteiger charge is 2.07. The highest BCUT2D eigenvalue weighted by molar-refractivity contribution is 5.62. The average Bonchev–Trinajstić information content (AvgIpc) is 2.93. The van der Waals surface area contributed by atoms with E-state index in [1.165, 1.54) is 6.07 Å². The van der Waals surface area contributed by atoms with E-state index in [1.54, 1.807) is 18.0 Å². The van der Waals surface area contributed by atoms with Gasteiger partial charge >= 0.3 is 0 Å². The molecular weight excluding hydrogens is 268 g/mol. The molecule has 0 spiro atoms. The van der Waals surface area contributed by atoms with Crippen LogP contribution < -0.4 is 10.3 Å². The Labute approximate surface area is 121 Å². The zero-order valence-electron chi connectivity index (χ0n) is 11.7. The molecule has 21 heavy (non-hydrogen) atoms. The van der Waals surface area contributed by atoms with Crippen LogP contribution in [0.4, 0.5) is 0 Å². The molecule has 0 aliphatic carbocycles. The number of hydrogen-bond donors (Lipinski definition) is 1. The minimum atomic E-state index is -0.199. The zero-order chi connectivity index (χ0) is 14.8. The van der Waals surface area contributed by atoms with E-state index in [2.05, 4.69) is 15.1 Å². The van der Waals surface area contributed by atoms with Crippen LogP contribution in [0.3, 0.4) is 0 Å². The quantitative estimate of drug-likeness (QED) is 0.795. The van der Waals surface area contributed by atoms with Gasteiger partial charge in [-0.05, 0) is 24.3 Å². The summed E-state index contributed by atoms with van der Waals surface area (Å²) < 4.78 is 6.79. The second-order valence-corrected chi connectivity index (χ2v) is 4.61. The van der Waals surface area contributed by atoms with E-state index in [4.69, 9.17) is 4.74 Å². The van der Waals surface area contributed by atoms with Crippen LogP contribution in [0, 0.1) is 0 Å². The van der Waals surface area contributed by atoms with Crippen LogP contribution in [0.25, 0.3) is 22.6 Å². The van der Waals surface area contributed by atoms with Crippen molar-refractivity contribution in [2.45, 2.75) is 0 Å². The Kier molecular flexibility index (Phi) is 3.27. The van der Waals surface area contributed by atoms with Gasteiger partial charge in [-0.25, -0.2) is 4.98 Å². The first-order valence-corrected chi connectivity index (χ1v) is 6.40. The lowest BCUT2D eigenvalue weighted by Gasteiger charge is -2.04. The van der Waals surface area contributed by atoms with Gasteiger partial charge in [0.05, 0.1) is 19.0 Å². The van der Waals surface area contributed by atoms with Crippen molar-refractivity contribution < 1.29 is 4.74 Å². The standard InChI is InChI=1S/C15H14N4O2/c1-19-9-11(8-16-19)13-7-14(20)18-15(17-13)10-3-5-12(21-2)6-4-10/h3-9H,1-2H3,(H,17,18,20). The summed E-state index contributed by atoms with van der Waals surface area (Å²) in [5, 5.41) is 4.10. The molecule has 6 nitrogen and oxygen atoms in total. The maximum Gasteiger partial charge on any atom is 0.251 e. The van der Waals surface area contributed by atoms with Crippen LogP contribution in [0.15, 0.2) is 47.5 Å². The zero-order valence-corrected chi connectivity index (χ0v) is 11.7. The van der Waals surface area contributed by atoms with E-state index in [0.29, 0.717) is 11.5 Å². The van der Waals surface area contributed by atoms with Crippen LogP contribution in [0.2, 0.25) is 0 Å². The Balaban J connectivity index is 2.06. The molecule has 1 aromatic carbocycles. The number of benzene rings is 1. The highest BCUT2D eigenvalue weighted by atomic mass is 16.5. The number of ether oxygens (including phenoxy) is 1. The van der Waals surface area contributed by atoms with Gasteiger partial charge in [0.2, 0.25) is 0 Å². The minimum absolute atomic E-state index is 0.199. The molecule has 0 fully saturated rings. The number of aryl methyl sites for hydroxylation is 1. The van der Waals surface area contributed by atoms with Gasteiger partial charge in [0.1, 0.15) is 11.6 Å². The monoisotopic (exact) mass is 282 g/mol. The van der Waals surface area contributed by atoms with Gasteiger partial charge in [-0.3, -0.25) is 9.48 Å². The van der Waals surface area contributed by atoms with Crippen molar-refractivity contribution >= 4 is 0 Å². The minimum Gasteiger partial charge on any atom is -0.497 e. The highest BCUT2D eigenvalue weighted by Crippen LogP contribution is 2.21. The second-order valence-electron chi connectivity index (χ2n) is 4.61. The topological polar surface area (TPSA) is 72.8 Å². The fraction of sp³-hybridized carbons (Fsp3) is 0.133. The van der Waals surface area contributed by atoms with Crippen LogP contribution in [0.1, 0.15) is 0 Å². The van der Waals surface area contributed by atoms with Crippen molar-refractivity contribution in [3.05, 3.63) is 53.1 Å². The lowest BCUT2D eigenvalue weighted by molar-refractivity contribution is 0.415. The van der Waals surface area contributed by atoms with Crippen LogP contribution in [-0.2, 0) is 7.05 Å². The summed E-state index contributed by atoms with van der Waals surface area (Å²) in [5.74, 6) is 1.27. The van der Waals surface area contributed by atoms with E-state index in [-0.39, 0.29) is 5.56 Å². The normalized spacial score (nSPS) is 10.6. The third-order valence-electron chi connectivity index (χ3n) is 3.11. The van der Waals surface area contributed by atoms with Gasteiger partial charge in [-0.15, -0.1) is 0 Å². The molecule has 0 aliphatic rings. The smallest absolute Gasteiger partial charge is 0.251 e. The van der Waals surface area contributed by atoms with Crippen molar-refractivity contribution in [2.75, 3.05) is 7.11 Å². The number of nitrogens with one attached hydrogen (secondary N) is 1. The molecule has 0 radical (unpaired) electrons. The number of aromatic amines is 1. The van der Waals surface area contributed by atoms with E-state index < -0.39 is 0 Å². The van der Waals surface area contributed by atoms with Crippen molar-refractivity contribution in [1.82, 2.24) is 19.7 Å². The Bertz CT molecular complexity index is 818. The molecule has 106 valence electrons. The Morgan fingerprint density at radius 1 is 1.19 bits per heavy atom. The van der Waals surface area contributed by atoms with Crippen molar-refractivity contribution in [1.29, 1.82) is 0 Å². The third kappa shape index (κ3) is 2.69. The third-order valence-corrected chi connectivity index (χ3v) is 3.11. The molecule has 0 unspecified atom stereocenters. The predicted molar refractivity (Wildman–Crippen MR) is 79.0 cm³/mol. The van der Waals surface area contributed by atoms with E-state index in [1.807, 2.05) is 37.5 Å². The summed E-state index contributed by atoms with van der Waals surface area (Å²) in [5.41, 5.74) is 2.02. The first-order chi connectivity index (χ1) is 10.2. The van der Waals surface area contributed by atoms with Gasteiger partial charge in [0.15, 0.2) is 0 Å². The maximum absolute atomic E-state index is 11.8. The van der Waals surface area contributed by atoms with Crippen LogP contribution >= 0.6 is 0 Å². The van der Waals surface area contributed by atoms with Gasteiger partial charge in [-0.1, -0.05) is 0 Å². The summed E-state index contributed by atoms with van der Waals surface area (Å²) in [6.45, 7) is 0. The molecule has 3 rings (SSSR count). The molecule has 1 N–H and O–H groups in total. The summed E-state index contributed by atoms with van der Waals surface area (Å²) in [6.07, 6.45) is 3.50. The maximum atomic E-state index is 11.8. The number of rotatable bonds is 3. The molecule has 6 heteroatoms. The predicted octanol–water partition coefficient (Wildman–Crippen LogP) is 1.85. The van der Waals surface area contributed by atoms with Gasteiger partial charge < -0.3 is 9.72 Å². The fourth-order valence-electron chi connectivity index (χ4n) is 2.04. The van der Waals surface area contributed by atoms with Crippen LogP contribution in [0.5, 0.6) is 5.75 Å². The van der Waals surface area contributed by atoms with Crippen LogP contribution in [-0.4, -0.2) is 26.9 Å². The van der Waals surface area contributed by atoms with E-state index in [9.17, 15) is 4.79 Å². The molecule has 2 aromatic heterocycles. The van der Waals surface area contributed by atoms with E-state index in [0.717, 1.165) is 16.9 Å². The molecule has 0 amide bonds. The lowest BCUT2D eigenvalue weighted by Crippen LogP contribution is -2.08. The SMILES string of the molecule is COc1ccc(-c2nc(-c3cnn(C)c3)cc(=O)[nH]2)cc1. The Morgan fingerprint density at radius 3 is 2.57 bits per heavy atom. The van der Waals surface area contributed by atoms with Crippen molar-refractivity contribution in [2.24, 2.45) is 7.05 Å². The van der Waals surface area contributed by atoms with E-state index >= 15 is 0 Å². The molecule has 0 aliphatic heterocycles. The molecule has 0 saturated heterocycles. The van der Waals surface area contributed by atoms with Gasteiger partial charge in [-0.2, -0.15) is 5.10 Å². The second kappa shape index (κ2) is 5.24. The van der Waals surface area contributed by atoms with Gasteiger partial charge in [0.25, 0.3) is 5.56 Å². The first kappa shape index (κ1) is 13.1. The molecule has 0 atom stereocenters.